The Bertz CT molecular complexity index is 587. The zero-order valence-corrected chi connectivity index (χ0v) is 12.1. The van der Waals surface area contributed by atoms with E-state index in [-0.39, 0.29) is 6.54 Å². The van der Waals surface area contributed by atoms with E-state index in [1.807, 2.05) is 13.8 Å². The molecule has 0 spiro atoms. The molecule has 1 rings (SSSR count). The number of sulfonamides is 1. The number of hydrogen-bond acceptors (Lipinski definition) is 4. The van der Waals surface area contributed by atoms with Gasteiger partial charge in [0.05, 0.1) is 4.92 Å². The highest BCUT2D eigenvalue weighted by molar-refractivity contribution is 7.89. The molecule has 6 nitrogen and oxygen atoms in total. The molecule has 0 saturated heterocycles. The molecule has 1 N–H and O–H groups in total. The molecule has 0 aliphatic rings. The van der Waals surface area contributed by atoms with Crippen LogP contribution in [-0.4, -0.2) is 19.9 Å². The van der Waals surface area contributed by atoms with Crippen LogP contribution in [0.3, 0.4) is 0 Å². The zero-order valence-electron chi connectivity index (χ0n) is 11.3. The third-order valence-electron chi connectivity index (χ3n) is 2.67. The number of nitro groups is 1. The highest BCUT2D eigenvalue weighted by Gasteiger charge is 2.28. The van der Waals surface area contributed by atoms with Gasteiger partial charge in [-0.25, -0.2) is 13.1 Å². The molecule has 20 heavy (non-hydrogen) atoms. The molecular weight excluding hydrogens is 287 g/mol. The minimum atomic E-state index is -4.09. The van der Waals surface area contributed by atoms with E-state index >= 15 is 0 Å². The molecule has 0 aromatic heterocycles. The van der Waals surface area contributed by atoms with Crippen molar-refractivity contribution in [3.63, 3.8) is 0 Å². The van der Waals surface area contributed by atoms with Gasteiger partial charge in [-0.3, -0.25) is 10.1 Å². The SMILES string of the molecule is CC(C)CCCNS(=O)(=O)c1cccc(F)c1[N+](=O)[O-]. The number of hydrogen-bond donors (Lipinski definition) is 1. The Morgan fingerprint density at radius 2 is 2.05 bits per heavy atom. The average Bonchev–Trinajstić information content (AvgIpc) is 2.33. The fraction of sp³-hybridized carbons (Fsp3) is 0.500. The van der Waals surface area contributed by atoms with Crippen LogP contribution < -0.4 is 4.72 Å². The summed E-state index contributed by atoms with van der Waals surface area (Å²) in [6.07, 6.45) is 1.44. The molecule has 0 atom stereocenters. The number of nitrogens with one attached hydrogen (secondary N) is 1. The minimum Gasteiger partial charge on any atom is -0.258 e. The minimum absolute atomic E-state index is 0.161. The predicted octanol–water partition coefficient (Wildman–Crippen LogP) is 2.45. The summed E-state index contributed by atoms with van der Waals surface area (Å²) in [6, 6.07) is 3.01. The van der Waals surface area contributed by atoms with Crippen molar-refractivity contribution in [3.05, 3.63) is 34.1 Å². The lowest BCUT2D eigenvalue weighted by atomic mass is 10.1. The Kier molecular flexibility index (Phi) is 5.58. The molecule has 1 aromatic carbocycles. The van der Waals surface area contributed by atoms with Crippen LogP contribution in [0.4, 0.5) is 10.1 Å². The average molecular weight is 304 g/mol. The van der Waals surface area contributed by atoms with Gasteiger partial charge in [-0.2, -0.15) is 4.39 Å². The molecule has 0 unspecified atom stereocenters. The molecule has 0 amide bonds. The summed E-state index contributed by atoms with van der Waals surface area (Å²) in [7, 11) is -4.09. The number of nitrogens with zero attached hydrogens (tertiary/aromatic N) is 1. The van der Waals surface area contributed by atoms with E-state index in [0.717, 1.165) is 24.6 Å². The molecule has 0 heterocycles. The van der Waals surface area contributed by atoms with Gasteiger partial charge in [0.25, 0.3) is 0 Å². The first-order valence-electron chi connectivity index (χ1n) is 6.18. The molecule has 0 fully saturated rings. The smallest absolute Gasteiger partial charge is 0.258 e. The van der Waals surface area contributed by atoms with E-state index in [2.05, 4.69) is 4.72 Å². The van der Waals surface area contributed by atoms with Crippen molar-refractivity contribution in [2.45, 2.75) is 31.6 Å². The Hall–Kier alpha value is -1.54. The van der Waals surface area contributed by atoms with Gasteiger partial charge in [0.15, 0.2) is 4.90 Å². The topological polar surface area (TPSA) is 89.3 Å². The Morgan fingerprint density at radius 3 is 2.60 bits per heavy atom. The number of rotatable bonds is 7. The molecule has 0 aliphatic heterocycles. The van der Waals surface area contributed by atoms with Crippen LogP contribution in [0.5, 0.6) is 0 Å². The normalized spacial score (nSPS) is 11.8. The lowest BCUT2D eigenvalue weighted by molar-refractivity contribution is -0.390. The first kappa shape index (κ1) is 16.5. The van der Waals surface area contributed by atoms with Crippen LogP contribution in [0, 0.1) is 21.8 Å². The van der Waals surface area contributed by atoms with Crippen molar-refractivity contribution < 1.29 is 17.7 Å². The Balaban J connectivity index is 2.93. The van der Waals surface area contributed by atoms with E-state index in [4.69, 9.17) is 0 Å². The summed E-state index contributed by atoms with van der Waals surface area (Å²) in [6.45, 7) is 4.17. The summed E-state index contributed by atoms with van der Waals surface area (Å²) >= 11 is 0. The van der Waals surface area contributed by atoms with Crippen molar-refractivity contribution in [3.8, 4) is 0 Å². The maximum Gasteiger partial charge on any atom is 0.324 e. The molecule has 1 aromatic rings. The van der Waals surface area contributed by atoms with Gasteiger partial charge in [-0.05, 0) is 30.9 Å². The third-order valence-corrected chi connectivity index (χ3v) is 4.16. The lowest BCUT2D eigenvalue weighted by Gasteiger charge is -2.08. The monoisotopic (exact) mass is 304 g/mol. The predicted molar refractivity (Wildman–Crippen MR) is 72.3 cm³/mol. The van der Waals surface area contributed by atoms with Gasteiger partial charge in [0.2, 0.25) is 15.8 Å². The first-order chi connectivity index (χ1) is 9.25. The van der Waals surface area contributed by atoms with Gasteiger partial charge < -0.3 is 0 Å². The molecule has 0 radical (unpaired) electrons. The van der Waals surface area contributed by atoms with Crippen LogP contribution >= 0.6 is 0 Å². The summed E-state index contributed by atoms with van der Waals surface area (Å²) in [5.74, 6) is -0.733. The fourth-order valence-corrected chi connectivity index (χ4v) is 2.94. The van der Waals surface area contributed by atoms with Gasteiger partial charge in [-0.1, -0.05) is 19.9 Å². The highest BCUT2D eigenvalue weighted by atomic mass is 32.2. The van der Waals surface area contributed by atoms with Crippen molar-refractivity contribution >= 4 is 15.7 Å². The van der Waals surface area contributed by atoms with Crippen LogP contribution in [0.1, 0.15) is 26.7 Å². The Labute approximate surface area is 117 Å². The molecule has 112 valence electrons. The number of nitro benzene ring substituents is 1. The maximum atomic E-state index is 13.4. The molecular formula is C12H17FN2O4S. The highest BCUT2D eigenvalue weighted by Crippen LogP contribution is 2.26. The molecule has 0 saturated carbocycles. The Morgan fingerprint density at radius 1 is 1.40 bits per heavy atom. The first-order valence-corrected chi connectivity index (χ1v) is 7.66. The lowest BCUT2D eigenvalue weighted by Crippen LogP contribution is -2.26. The van der Waals surface area contributed by atoms with Gasteiger partial charge in [0.1, 0.15) is 0 Å². The van der Waals surface area contributed by atoms with Gasteiger partial charge >= 0.3 is 5.69 Å². The second kappa shape index (κ2) is 6.76. The number of benzene rings is 1. The van der Waals surface area contributed by atoms with E-state index < -0.39 is 31.3 Å². The van der Waals surface area contributed by atoms with Crippen molar-refractivity contribution in [2.24, 2.45) is 5.92 Å². The molecule has 0 aliphatic carbocycles. The van der Waals surface area contributed by atoms with Crippen LogP contribution in [0.25, 0.3) is 0 Å². The quantitative estimate of drug-likeness (QED) is 0.476. The van der Waals surface area contributed by atoms with E-state index in [1.54, 1.807) is 0 Å². The molecule has 8 heteroatoms. The summed E-state index contributed by atoms with van der Waals surface area (Å²) in [4.78, 5) is 9.11. The number of halogens is 1. The van der Waals surface area contributed by atoms with E-state index in [0.29, 0.717) is 12.3 Å². The van der Waals surface area contributed by atoms with Crippen LogP contribution in [0.2, 0.25) is 0 Å². The number of para-hydroxylation sites is 1. The van der Waals surface area contributed by atoms with Crippen molar-refractivity contribution in [1.82, 2.24) is 4.72 Å². The van der Waals surface area contributed by atoms with Crippen LogP contribution in [0.15, 0.2) is 23.1 Å². The second-order valence-corrected chi connectivity index (χ2v) is 6.51. The van der Waals surface area contributed by atoms with Crippen LogP contribution in [-0.2, 0) is 10.0 Å². The maximum absolute atomic E-state index is 13.4. The zero-order chi connectivity index (χ0) is 15.3. The molecule has 0 bridgehead atoms. The van der Waals surface area contributed by atoms with Gasteiger partial charge in [0, 0.05) is 6.54 Å². The van der Waals surface area contributed by atoms with E-state index in [9.17, 15) is 22.9 Å². The van der Waals surface area contributed by atoms with E-state index in [1.165, 1.54) is 0 Å². The summed E-state index contributed by atoms with van der Waals surface area (Å²) < 4.78 is 39.6. The third kappa shape index (κ3) is 4.24. The standard InChI is InChI=1S/C12H17FN2O4S/c1-9(2)5-4-8-14-20(18,19)11-7-3-6-10(13)12(11)15(16)17/h3,6-7,9,14H,4-5,8H2,1-2H3. The summed E-state index contributed by atoms with van der Waals surface area (Å²) in [5, 5.41) is 10.8. The second-order valence-electron chi connectivity index (χ2n) is 4.78. The summed E-state index contributed by atoms with van der Waals surface area (Å²) in [5.41, 5.74) is -1.02. The fourth-order valence-electron chi connectivity index (χ4n) is 1.68. The van der Waals surface area contributed by atoms with Crippen molar-refractivity contribution in [1.29, 1.82) is 0 Å². The van der Waals surface area contributed by atoms with Crippen molar-refractivity contribution in [2.75, 3.05) is 6.54 Å². The largest absolute Gasteiger partial charge is 0.324 e. The van der Waals surface area contributed by atoms with Gasteiger partial charge in [-0.15, -0.1) is 0 Å².